The molecule has 9 heteroatoms. The van der Waals surface area contributed by atoms with Crippen molar-refractivity contribution in [1.29, 1.82) is 0 Å². The molecule has 0 aliphatic carbocycles. The molecule has 0 saturated carbocycles. The number of carboxylic acid groups (broad SMARTS) is 1. The van der Waals surface area contributed by atoms with Gasteiger partial charge in [0.1, 0.15) is 11.6 Å². The zero-order valence-electron chi connectivity index (χ0n) is 12.9. The number of carbonyl (C=O) groups excluding carboxylic acids is 3. The number of carboxylic acids is 1. The third kappa shape index (κ3) is 5.81. The van der Waals surface area contributed by atoms with E-state index in [1.54, 1.807) is 20.8 Å². The number of rotatable bonds is 5. The molecule has 122 valence electrons. The average Bonchev–Trinajstić information content (AvgIpc) is 2.67. The number of hydrogen-bond acceptors (Lipinski definition) is 6. The Hall–Kier alpha value is -2.58. The Kier molecular flexibility index (Phi) is 5.50. The second-order valence-electron chi connectivity index (χ2n) is 5.57. The summed E-state index contributed by atoms with van der Waals surface area (Å²) >= 11 is 0. The molecule has 1 heterocycles. The molecule has 1 rings (SSSR count). The lowest BCUT2D eigenvalue weighted by Gasteiger charge is -2.19. The number of nitrogens with zero attached hydrogens (tertiary/aromatic N) is 2. The molecular formula is C13H19N4O5-. The van der Waals surface area contributed by atoms with E-state index >= 15 is 0 Å². The lowest BCUT2D eigenvalue weighted by molar-refractivity contribution is -0.256. The SMILES string of the molecule is Cn1cc(NC(=O)CCNC(=O)OC(C)(C)C)nc1C(=O)[O-]. The highest BCUT2D eigenvalue weighted by molar-refractivity contribution is 5.91. The van der Waals surface area contributed by atoms with Gasteiger partial charge in [-0.05, 0) is 20.8 Å². The standard InChI is InChI=1S/C13H20N4O5/c1-13(2,3)22-12(21)14-6-5-9(18)15-8-7-17(4)10(16-8)11(19)20/h7H,5-6H2,1-4H3,(H,14,21)(H,15,18)(H,19,20)/p-1. The summed E-state index contributed by atoms with van der Waals surface area (Å²) in [5.41, 5.74) is -0.610. The largest absolute Gasteiger partial charge is 0.542 e. The highest BCUT2D eigenvalue weighted by atomic mass is 16.6. The Morgan fingerprint density at radius 1 is 1.36 bits per heavy atom. The first-order valence-corrected chi connectivity index (χ1v) is 6.60. The number of aromatic carboxylic acids is 1. The number of amides is 2. The number of ether oxygens (including phenoxy) is 1. The van der Waals surface area contributed by atoms with E-state index in [4.69, 9.17) is 4.74 Å². The van der Waals surface area contributed by atoms with Crippen LogP contribution in [0.2, 0.25) is 0 Å². The summed E-state index contributed by atoms with van der Waals surface area (Å²) in [6, 6.07) is 0. The highest BCUT2D eigenvalue weighted by Crippen LogP contribution is 2.07. The zero-order chi connectivity index (χ0) is 16.9. The van der Waals surface area contributed by atoms with E-state index in [1.165, 1.54) is 17.8 Å². The molecule has 0 spiro atoms. The number of aryl methyl sites for hydroxylation is 1. The van der Waals surface area contributed by atoms with E-state index in [0.29, 0.717) is 0 Å². The van der Waals surface area contributed by atoms with Gasteiger partial charge in [-0.3, -0.25) is 4.79 Å². The molecule has 0 aliphatic rings. The molecule has 1 aromatic heterocycles. The minimum Gasteiger partial charge on any atom is -0.542 e. The van der Waals surface area contributed by atoms with E-state index in [2.05, 4.69) is 15.6 Å². The number of nitrogens with one attached hydrogen (secondary N) is 2. The monoisotopic (exact) mass is 311 g/mol. The van der Waals surface area contributed by atoms with Gasteiger partial charge in [-0.2, -0.15) is 0 Å². The van der Waals surface area contributed by atoms with Crippen molar-refractivity contribution >= 4 is 23.8 Å². The van der Waals surface area contributed by atoms with Gasteiger partial charge in [0, 0.05) is 26.2 Å². The average molecular weight is 311 g/mol. The van der Waals surface area contributed by atoms with Crippen LogP contribution in [0.25, 0.3) is 0 Å². The third-order valence-electron chi connectivity index (χ3n) is 2.35. The Morgan fingerprint density at radius 2 is 2.00 bits per heavy atom. The van der Waals surface area contributed by atoms with Crippen molar-refractivity contribution in [2.24, 2.45) is 7.05 Å². The van der Waals surface area contributed by atoms with Crippen LogP contribution < -0.4 is 15.7 Å². The number of imidazole rings is 1. The molecule has 1 aromatic rings. The summed E-state index contributed by atoms with van der Waals surface area (Å²) in [5, 5.41) is 15.6. The van der Waals surface area contributed by atoms with Gasteiger partial charge in [0.25, 0.3) is 0 Å². The fraction of sp³-hybridized carbons (Fsp3) is 0.538. The Morgan fingerprint density at radius 3 is 2.50 bits per heavy atom. The summed E-state index contributed by atoms with van der Waals surface area (Å²) in [6.45, 7) is 5.28. The molecule has 0 radical (unpaired) electrons. The topological polar surface area (TPSA) is 125 Å². The van der Waals surface area contributed by atoms with Crippen LogP contribution in [0.1, 0.15) is 37.8 Å². The van der Waals surface area contributed by atoms with Gasteiger partial charge in [-0.1, -0.05) is 0 Å². The van der Waals surface area contributed by atoms with Gasteiger partial charge < -0.3 is 29.8 Å². The van der Waals surface area contributed by atoms with Gasteiger partial charge in [-0.15, -0.1) is 0 Å². The lowest BCUT2D eigenvalue weighted by Crippen LogP contribution is -2.34. The van der Waals surface area contributed by atoms with E-state index in [1.807, 2.05) is 0 Å². The molecule has 9 nitrogen and oxygen atoms in total. The van der Waals surface area contributed by atoms with Crippen molar-refractivity contribution in [3.05, 3.63) is 12.0 Å². The number of carbonyl (C=O) groups is 3. The minimum atomic E-state index is -1.44. The van der Waals surface area contributed by atoms with Crippen molar-refractivity contribution < 1.29 is 24.2 Å². The van der Waals surface area contributed by atoms with Crippen LogP contribution in [-0.2, 0) is 16.6 Å². The van der Waals surface area contributed by atoms with Gasteiger partial charge in [0.05, 0.1) is 0 Å². The first kappa shape index (κ1) is 17.5. The molecule has 0 bridgehead atoms. The quantitative estimate of drug-likeness (QED) is 0.764. The van der Waals surface area contributed by atoms with Crippen LogP contribution in [0, 0.1) is 0 Å². The lowest BCUT2D eigenvalue weighted by atomic mass is 10.2. The smallest absolute Gasteiger partial charge is 0.407 e. The van der Waals surface area contributed by atoms with Crippen LogP contribution in [0.5, 0.6) is 0 Å². The van der Waals surface area contributed by atoms with Gasteiger partial charge in [-0.25, -0.2) is 9.78 Å². The summed E-state index contributed by atoms with van der Waals surface area (Å²) in [6.07, 6.45) is 0.734. The van der Waals surface area contributed by atoms with Crippen LogP contribution in [0.3, 0.4) is 0 Å². The van der Waals surface area contributed by atoms with Crippen LogP contribution in [0.4, 0.5) is 10.6 Å². The molecule has 0 fully saturated rings. The predicted octanol–water partition coefficient (Wildman–Crippen LogP) is -0.363. The fourth-order valence-corrected chi connectivity index (χ4v) is 1.51. The summed E-state index contributed by atoms with van der Waals surface area (Å²) in [4.78, 5) is 37.4. The van der Waals surface area contributed by atoms with E-state index in [0.717, 1.165) is 0 Å². The molecule has 22 heavy (non-hydrogen) atoms. The second-order valence-corrected chi connectivity index (χ2v) is 5.57. The molecule has 2 amide bonds. The number of aromatic nitrogens is 2. The van der Waals surface area contributed by atoms with Crippen LogP contribution >= 0.6 is 0 Å². The number of anilines is 1. The zero-order valence-corrected chi connectivity index (χ0v) is 12.9. The normalized spacial score (nSPS) is 10.9. The van der Waals surface area contributed by atoms with Gasteiger partial charge >= 0.3 is 6.09 Å². The molecule has 0 saturated heterocycles. The fourth-order valence-electron chi connectivity index (χ4n) is 1.51. The molecule has 0 aliphatic heterocycles. The first-order valence-electron chi connectivity index (χ1n) is 6.60. The van der Waals surface area contributed by atoms with Gasteiger partial charge in [0.15, 0.2) is 11.6 Å². The third-order valence-corrected chi connectivity index (χ3v) is 2.35. The molecule has 0 aromatic carbocycles. The molecule has 2 N–H and O–H groups in total. The van der Waals surface area contributed by atoms with Crippen molar-refractivity contribution in [1.82, 2.24) is 14.9 Å². The summed E-state index contributed by atoms with van der Waals surface area (Å²) in [7, 11) is 1.47. The summed E-state index contributed by atoms with van der Waals surface area (Å²) in [5.74, 6) is -2.04. The maximum Gasteiger partial charge on any atom is 0.407 e. The minimum absolute atomic E-state index is 0.00350. The Balaban J connectivity index is 2.40. The van der Waals surface area contributed by atoms with Crippen LogP contribution in [0.15, 0.2) is 6.20 Å². The molecule has 0 atom stereocenters. The van der Waals surface area contributed by atoms with E-state index in [-0.39, 0.29) is 24.6 Å². The van der Waals surface area contributed by atoms with Crippen LogP contribution in [-0.4, -0.2) is 39.7 Å². The number of alkyl carbamates (subject to hydrolysis) is 1. The number of hydrogen-bond donors (Lipinski definition) is 2. The maximum atomic E-state index is 11.7. The van der Waals surface area contributed by atoms with E-state index in [9.17, 15) is 19.5 Å². The van der Waals surface area contributed by atoms with Crippen molar-refractivity contribution in [2.75, 3.05) is 11.9 Å². The Bertz CT molecular complexity index is 573. The molecular weight excluding hydrogens is 292 g/mol. The summed E-state index contributed by atoms with van der Waals surface area (Å²) < 4.78 is 6.24. The van der Waals surface area contributed by atoms with E-state index < -0.39 is 23.6 Å². The van der Waals surface area contributed by atoms with Crippen molar-refractivity contribution in [3.63, 3.8) is 0 Å². The maximum absolute atomic E-state index is 11.7. The van der Waals surface area contributed by atoms with Crippen molar-refractivity contribution in [2.45, 2.75) is 32.8 Å². The first-order chi connectivity index (χ1) is 10.1. The predicted molar refractivity (Wildman–Crippen MR) is 75.0 cm³/mol. The Labute approximate surface area is 127 Å². The second kappa shape index (κ2) is 6.92. The van der Waals surface area contributed by atoms with Crippen molar-refractivity contribution in [3.8, 4) is 0 Å². The highest BCUT2D eigenvalue weighted by Gasteiger charge is 2.16. The van der Waals surface area contributed by atoms with Gasteiger partial charge in [0.2, 0.25) is 5.91 Å². The molecule has 0 unspecified atom stereocenters.